The first kappa shape index (κ1) is 15.6. The number of hydrogen-bond acceptors (Lipinski definition) is 5. The molecule has 2 aliphatic rings. The molecule has 2 heterocycles. The Morgan fingerprint density at radius 3 is 2.95 bits per heavy atom. The minimum atomic E-state index is -0.368. The van der Waals surface area contributed by atoms with Gasteiger partial charge in [0, 0.05) is 37.1 Å². The van der Waals surface area contributed by atoms with E-state index in [0.717, 1.165) is 37.3 Å². The molecule has 2 fully saturated rings. The number of rotatable bonds is 4. The molecule has 2 unspecified atom stereocenters. The first-order valence-corrected chi connectivity index (χ1v) is 8.65. The second kappa shape index (κ2) is 7.88. The van der Waals surface area contributed by atoms with Gasteiger partial charge in [-0.3, -0.25) is 4.79 Å². The molecular formula is C14H24N2O3S. The van der Waals surface area contributed by atoms with Crippen molar-refractivity contribution in [2.45, 2.75) is 44.7 Å². The van der Waals surface area contributed by atoms with Crippen LogP contribution in [0.4, 0.5) is 0 Å². The lowest BCUT2D eigenvalue weighted by Crippen LogP contribution is -2.51. The van der Waals surface area contributed by atoms with Gasteiger partial charge in [0.25, 0.3) is 0 Å². The van der Waals surface area contributed by atoms with E-state index in [1.165, 1.54) is 0 Å². The van der Waals surface area contributed by atoms with Crippen LogP contribution in [-0.2, 0) is 14.3 Å². The summed E-state index contributed by atoms with van der Waals surface area (Å²) in [5, 5.41) is 3.37. The zero-order chi connectivity index (χ0) is 14.4. The van der Waals surface area contributed by atoms with E-state index in [4.69, 9.17) is 4.74 Å². The minimum Gasteiger partial charge on any atom is -0.464 e. The number of ether oxygens (including phenoxy) is 1. The summed E-state index contributed by atoms with van der Waals surface area (Å²) in [6.45, 7) is 3.82. The third-order valence-electron chi connectivity index (χ3n) is 3.80. The van der Waals surface area contributed by atoms with E-state index in [0.29, 0.717) is 19.6 Å². The van der Waals surface area contributed by atoms with Crippen LogP contribution in [0.1, 0.15) is 32.6 Å². The summed E-state index contributed by atoms with van der Waals surface area (Å²) in [7, 11) is 0. The van der Waals surface area contributed by atoms with Gasteiger partial charge in [-0.05, 0) is 26.2 Å². The number of carbonyl (C=O) groups is 2. The fraction of sp³-hybridized carbons (Fsp3) is 0.857. The molecule has 0 radical (unpaired) electrons. The Kier molecular flexibility index (Phi) is 6.16. The highest BCUT2D eigenvalue weighted by atomic mass is 32.2. The Labute approximate surface area is 124 Å². The molecule has 2 rings (SSSR count). The monoisotopic (exact) mass is 300 g/mol. The van der Waals surface area contributed by atoms with Gasteiger partial charge >= 0.3 is 5.97 Å². The van der Waals surface area contributed by atoms with Crippen LogP contribution in [0.3, 0.4) is 0 Å². The molecule has 0 aromatic carbocycles. The molecule has 114 valence electrons. The van der Waals surface area contributed by atoms with E-state index in [-0.39, 0.29) is 24.0 Å². The van der Waals surface area contributed by atoms with Crippen LogP contribution in [-0.4, -0.2) is 60.1 Å². The van der Waals surface area contributed by atoms with Crippen molar-refractivity contribution in [3.05, 3.63) is 0 Å². The smallest absolute Gasteiger partial charge is 0.328 e. The number of likely N-dealkylation sites (tertiary alicyclic amines) is 1. The molecular weight excluding hydrogens is 276 g/mol. The van der Waals surface area contributed by atoms with E-state index in [9.17, 15) is 9.59 Å². The van der Waals surface area contributed by atoms with Gasteiger partial charge in [0.1, 0.15) is 6.04 Å². The number of thioether (sulfide) groups is 1. The Bertz CT molecular complexity index is 345. The quantitative estimate of drug-likeness (QED) is 0.786. The molecule has 5 nitrogen and oxygen atoms in total. The Morgan fingerprint density at radius 1 is 1.40 bits per heavy atom. The topological polar surface area (TPSA) is 58.6 Å². The maximum Gasteiger partial charge on any atom is 0.328 e. The van der Waals surface area contributed by atoms with E-state index >= 15 is 0 Å². The van der Waals surface area contributed by atoms with E-state index < -0.39 is 0 Å². The number of amides is 1. The zero-order valence-electron chi connectivity index (χ0n) is 12.1. The minimum absolute atomic E-state index is 0.0859. The average molecular weight is 300 g/mol. The van der Waals surface area contributed by atoms with Crippen molar-refractivity contribution in [3.8, 4) is 0 Å². The molecule has 0 bridgehead atoms. The van der Waals surface area contributed by atoms with Crippen molar-refractivity contribution < 1.29 is 14.3 Å². The maximum atomic E-state index is 12.5. The number of piperidine rings is 1. The summed E-state index contributed by atoms with van der Waals surface area (Å²) in [5.41, 5.74) is 0. The second-order valence-corrected chi connectivity index (χ2v) is 6.43. The van der Waals surface area contributed by atoms with Gasteiger partial charge in [0.05, 0.1) is 6.61 Å². The largest absolute Gasteiger partial charge is 0.464 e. The van der Waals surface area contributed by atoms with Gasteiger partial charge in [-0.15, -0.1) is 0 Å². The summed E-state index contributed by atoms with van der Waals surface area (Å²) in [4.78, 5) is 26.2. The van der Waals surface area contributed by atoms with Gasteiger partial charge in [0.2, 0.25) is 5.91 Å². The summed E-state index contributed by atoms with van der Waals surface area (Å²) in [5.74, 6) is 1.93. The van der Waals surface area contributed by atoms with Gasteiger partial charge in [0.15, 0.2) is 0 Å². The molecule has 2 atom stereocenters. The molecule has 0 spiro atoms. The van der Waals surface area contributed by atoms with E-state index in [2.05, 4.69) is 5.32 Å². The molecule has 1 N–H and O–H groups in total. The number of nitrogens with one attached hydrogen (secondary N) is 1. The summed E-state index contributed by atoms with van der Waals surface area (Å²) in [6, 6.07) is -0.126. The first-order valence-electron chi connectivity index (χ1n) is 7.49. The van der Waals surface area contributed by atoms with Gasteiger partial charge < -0.3 is 15.0 Å². The van der Waals surface area contributed by atoms with Crippen molar-refractivity contribution in [1.29, 1.82) is 0 Å². The van der Waals surface area contributed by atoms with Crippen molar-refractivity contribution in [2.75, 3.05) is 31.2 Å². The van der Waals surface area contributed by atoms with Crippen LogP contribution in [0.15, 0.2) is 0 Å². The second-order valence-electron chi connectivity index (χ2n) is 5.28. The first-order chi connectivity index (χ1) is 9.72. The van der Waals surface area contributed by atoms with Crippen molar-refractivity contribution >= 4 is 23.6 Å². The van der Waals surface area contributed by atoms with Gasteiger partial charge in [-0.25, -0.2) is 4.79 Å². The molecule has 0 aliphatic carbocycles. The third-order valence-corrected chi connectivity index (χ3v) is 4.93. The van der Waals surface area contributed by atoms with Crippen molar-refractivity contribution in [1.82, 2.24) is 10.2 Å². The average Bonchev–Trinajstić information content (AvgIpc) is 2.48. The van der Waals surface area contributed by atoms with Crippen molar-refractivity contribution in [3.63, 3.8) is 0 Å². The summed E-state index contributed by atoms with van der Waals surface area (Å²) < 4.78 is 5.10. The van der Waals surface area contributed by atoms with Crippen LogP contribution in [0.2, 0.25) is 0 Å². The van der Waals surface area contributed by atoms with Crippen molar-refractivity contribution in [2.24, 2.45) is 0 Å². The highest BCUT2D eigenvalue weighted by Gasteiger charge is 2.33. The van der Waals surface area contributed by atoms with Crippen LogP contribution in [0.5, 0.6) is 0 Å². The Balaban J connectivity index is 1.92. The molecule has 1 amide bonds. The standard InChI is InChI=1S/C14H24N2O3S/c1-2-19-14(18)12-5-3-4-7-16(12)13(17)9-11-10-20-8-6-15-11/h11-12,15H,2-10H2,1H3. The number of hydrogen-bond donors (Lipinski definition) is 1. The predicted octanol–water partition coefficient (Wildman–Crippen LogP) is 1.03. The maximum absolute atomic E-state index is 12.5. The van der Waals surface area contributed by atoms with E-state index in [1.54, 1.807) is 11.8 Å². The highest BCUT2D eigenvalue weighted by Crippen LogP contribution is 2.20. The molecule has 2 saturated heterocycles. The molecule has 20 heavy (non-hydrogen) atoms. The fourth-order valence-electron chi connectivity index (χ4n) is 2.79. The van der Waals surface area contributed by atoms with E-state index in [1.807, 2.05) is 11.8 Å². The van der Waals surface area contributed by atoms with Crippen LogP contribution in [0.25, 0.3) is 0 Å². The Hall–Kier alpha value is -0.750. The molecule has 2 aliphatic heterocycles. The van der Waals surface area contributed by atoms with Crippen LogP contribution in [0, 0.1) is 0 Å². The molecule has 0 aromatic heterocycles. The third kappa shape index (κ3) is 4.12. The summed E-state index contributed by atoms with van der Waals surface area (Å²) in [6.07, 6.45) is 3.19. The lowest BCUT2D eigenvalue weighted by atomic mass is 10.0. The number of esters is 1. The molecule has 0 aromatic rings. The summed E-state index contributed by atoms with van der Waals surface area (Å²) >= 11 is 1.88. The number of nitrogens with zero attached hydrogens (tertiary/aromatic N) is 1. The SMILES string of the molecule is CCOC(=O)C1CCCCN1C(=O)CC1CSCCN1. The molecule has 0 saturated carbocycles. The lowest BCUT2D eigenvalue weighted by molar-refractivity contribution is -0.156. The van der Waals surface area contributed by atoms with Crippen LogP contribution < -0.4 is 5.32 Å². The fourth-order valence-corrected chi connectivity index (χ4v) is 3.74. The number of carbonyl (C=O) groups excluding carboxylic acids is 2. The van der Waals surface area contributed by atoms with Gasteiger partial charge in [-0.1, -0.05) is 0 Å². The van der Waals surface area contributed by atoms with Crippen LogP contribution >= 0.6 is 11.8 Å². The predicted molar refractivity (Wildman–Crippen MR) is 79.7 cm³/mol. The highest BCUT2D eigenvalue weighted by molar-refractivity contribution is 7.99. The normalized spacial score (nSPS) is 27.1. The van der Waals surface area contributed by atoms with Gasteiger partial charge in [-0.2, -0.15) is 11.8 Å². The lowest BCUT2D eigenvalue weighted by Gasteiger charge is -2.35. The Morgan fingerprint density at radius 2 is 2.25 bits per heavy atom. The molecule has 6 heteroatoms. The zero-order valence-corrected chi connectivity index (χ0v) is 12.9.